The van der Waals surface area contributed by atoms with E-state index in [2.05, 4.69) is 20.8 Å². The van der Waals surface area contributed by atoms with Gasteiger partial charge in [0.25, 0.3) is 0 Å². The Morgan fingerprint density at radius 3 is 2.43 bits per heavy atom. The molecule has 0 spiro atoms. The van der Waals surface area contributed by atoms with Crippen molar-refractivity contribution in [1.82, 2.24) is 14.8 Å². The Morgan fingerprint density at radius 1 is 1.11 bits per heavy atom. The Bertz CT molecular complexity index is 978. The second-order valence-electron chi connectivity index (χ2n) is 6.08. The second-order valence-corrected chi connectivity index (χ2v) is 8.26. The number of aromatic nitrogens is 3. The number of hydrogen-bond acceptors (Lipinski definition) is 5. The summed E-state index contributed by atoms with van der Waals surface area (Å²) in [5, 5.41) is 16.1. The minimum Gasteiger partial charge on any atom is -0.378 e. The lowest BCUT2D eigenvalue weighted by Crippen LogP contribution is -2.22. The van der Waals surface area contributed by atoms with Crippen molar-refractivity contribution in [3.05, 3.63) is 64.4 Å². The number of carbonyl (C=O) groups excluding carboxylic acids is 1. The summed E-state index contributed by atoms with van der Waals surface area (Å²) in [7, 11) is 1.87. The summed E-state index contributed by atoms with van der Waals surface area (Å²) in [5.74, 6) is 0.624. The Kier molecular flexibility index (Phi) is 6.83. The second kappa shape index (κ2) is 9.32. The van der Waals surface area contributed by atoms with E-state index in [-0.39, 0.29) is 11.2 Å². The molecule has 146 valence electrons. The lowest BCUT2D eigenvalue weighted by atomic mass is 10.3. The van der Waals surface area contributed by atoms with E-state index in [0.717, 1.165) is 11.5 Å². The maximum absolute atomic E-state index is 12.4. The number of anilines is 2. The van der Waals surface area contributed by atoms with Crippen LogP contribution in [0.15, 0.2) is 53.7 Å². The van der Waals surface area contributed by atoms with Gasteiger partial charge in [-0.2, -0.15) is 0 Å². The number of thioether (sulfide) groups is 1. The van der Waals surface area contributed by atoms with Crippen LogP contribution >= 0.6 is 35.0 Å². The van der Waals surface area contributed by atoms with Crippen molar-refractivity contribution in [3.63, 3.8) is 0 Å². The fourth-order valence-corrected chi connectivity index (χ4v) is 3.62. The molecule has 3 aromatic rings. The van der Waals surface area contributed by atoms with E-state index in [1.165, 1.54) is 11.8 Å². The Morgan fingerprint density at radius 2 is 1.75 bits per heavy atom. The topological polar surface area (TPSA) is 71.8 Å². The van der Waals surface area contributed by atoms with Gasteiger partial charge in [-0.1, -0.05) is 47.1 Å². The molecule has 0 aliphatic rings. The van der Waals surface area contributed by atoms with Crippen molar-refractivity contribution in [2.24, 2.45) is 7.05 Å². The lowest BCUT2D eigenvalue weighted by molar-refractivity contribution is -0.115. The summed E-state index contributed by atoms with van der Waals surface area (Å²) in [6.07, 6.45) is 0. The van der Waals surface area contributed by atoms with Crippen LogP contribution in [0.3, 0.4) is 0 Å². The van der Waals surface area contributed by atoms with E-state index in [9.17, 15) is 4.79 Å². The number of rotatable bonds is 7. The number of amides is 1. The summed E-state index contributed by atoms with van der Waals surface area (Å²) in [4.78, 5) is 12.4. The molecule has 2 N–H and O–H groups in total. The maximum atomic E-state index is 12.4. The zero-order chi connectivity index (χ0) is 20.1. The normalized spacial score (nSPS) is 11.9. The first-order valence-corrected chi connectivity index (χ1v) is 10.2. The molecule has 0 bridgehead atoms. The van der Waals surface area contributed by atoms with Crippen LogP contribution < -0.4 is 10.6 Å². The highest BCUT2D eigenvalue weighted by Gasteiger charge is 2.19. The molecule has 1 amide bonds. The van der Waals surface area contributed by atoms with Crippen LogP contribution in [0.25, 0.3) is 0 Å². The van der Waals surface area contributed by atoms with Gasteiger partial charge < -0.3 is 15.2 Å². The largest absolute Gasteiger partial charge is 0.378 e. The number of halogens is 2. The van der Waals surface area contributed by atoms with Crippen LogP contribution in [0, 0.1) is 0 Å². The number of nitrogens with zero attached hydrogens (tertiary/aromatic N) is 3. The molecule has 0 unspecified atom stereocenters. The summed E-state index contributed by atoms with van der Waals surface area (Å²) in [6.45, 7) is 2.32. The summed E-state index contributed by atoms with van der Waals surface area (Å²) < 4.78 is 1.87. The third-order valence-electron chi connectivity index (χ3n) is 3.94. The van der Waals surface area contributed by atoms with Crippen molar-refractivity contribution in [2.45, 2.75) is 23.9 Å². The van der Waals surface area contributed by atoms with Crippen molar-refractivity contribution < 1.29 is 4.79 Å². The van der Waals surface area contributed by atoms with Crippen LogP contribution in [0.5, 0.6) is 0 Å². The molecule has 0 radical (unpaired) electrons. The van der Waals surface area contributed by atoms with Crippen molar-refractivity contribution in [1.29, 1.82) is 0 Å². The summed E-state index contributed by atoms with van der Waals surface area (Å²) >= 11 is 13.3. The highest BCUT2D eigenvalue weighted by atomic mass is 35.5. The highest BCUT2D eigenvalue weighted by Crippen LogP contribution is 2.24. The van der Waals surface area contributed by atoms with Crippen LogP contribution in [0.4, 0.5) is 11.4 Å². The third kappa shape index (κ3) is 5.41. The SMILES string of the molecule is C[C@H](Sc1nnc(CNc2cccc(Cl)c2)n1C)C(=O)Nc1cccc(Cl)c1. The molecule has 1 aromatic heterocycles. The van der Waals surface area contributed by atoms with Gasteiger partial charge in [0.05, 0.1) is 11.8 Å². The zero-order valence-electron chi connectivity index (χ0n) is 15.3. The lowest BCUT2D eigenvalue weighted by Gasteiger charge is -2.12. The minimum atomic E-state index is -0.351. The van der Waals surface area contributed by atoms with Gasteiger partial charge in [-0.3, -0.25) is 4.79 Å². The van der Waals surface area contributed by atoms with Crippen LogP contribution in [-0.2, 0) is 18.4 Å². The molecule has 0 fully saturated rings. The van der Waals surface area contributed by atoms with Gasteiger partial charge in [0.1, 0.15) is 0 Å². The predicted molar refractivity (Wildman–Crippen MR) is 115 cm³/mol. The molecule has 28 heavy (non-hydrogen) atoms. The first kappa shape index (κ1) is 20.5. The van der Waals surface area contributed by atoms with E-state index in [1.807, 2.05) is 42.8 Å². The van der Waals surface area contributed by atoms with Crippen molar-refractivity contribution in [2.75, 3.05) is 10.6 Å². The molecular weight excluding hydrogens is 417 g/mol. The average molecular weight is 436 g/mol. The molecule has 0 aliphatic heterocycles. The van der Waals surface area contributed by atoms with E-state index in [4.69, 9.17) is 23.2 Å². The zero-order valence-corrected chi connectivity index (χ0v) is 17.6. The molecule has 6 nitrogen and oxygen atoms in total. The first-order chi connectivity index (χ1) is 13.4. The van der Waals surface area contributed by atoms with Gasteiger partial charge in [-0.15, -0.1) is 10.2 Å². The van der Waals surface area contributed by atoms with Gasteiger partial charge in [0.2, 0.25) is 5.91 Å². The number of hydrogen-bond donors (Lipinski definition) is 2. The average Bonchev–Trinajstić information content (AvgIpc) is 3.00. The minimum absolute atomic E-state index is 0.131. The number of benzene rings is 2. The van der Waals surface area contributed by atoms with Crippen molar-refractivity contribution >= 4 is 52.2 Å². The molecule has 3 rings (SSSR count). The fraction of sp³-hybridized carbons (Fsp3) is 0.211. The summed E-state index contributed by atoms with van der Waals surface area (Å²) in [6, 6.07) is 14.5. The number of nitrogens with one attached hydrogen (secondary N) is 2. The molecule has 1 atom stereocenters. The van der Waals surface area contributed by atoms with Crippen LogP contribution in [0.1, 0.15) is 12.7 Å². The molecular formula is C19H19Cl2N5OS. The first-order valence-electron chi connectivity index (χ1n) is 8.53. The monoisotopic (exact) mass is 435 g/mol. The predicted octanol–water partition coefficient (Wildman–Crippen LogP) is 4.85. The summed E-state index contributed by atoms with van der Waals surface area (Å²) in [5.41, 5.74) is 1.56. The quantitative estimate of drug-likeness (QED) is 0.518. The van der Waals surface area contributed by atoms with Gasteiger partial charge in [0, 0.05) is 28.5 Å². The smallest absolute Gasteiger partial charge is 0.237 e. The fourth-order valence-electron chi connectivity index (χ4n) is 2.40. The standard InChI is InChI=1S/C19H19Cl2N5OS/c1-12(18(27)23-16-8-4-6-14(21)10-16)28-19-25-24-17(26(19)2)11-22-15-7-3-5-13(20)9-15/h3-10,12,22H,11H2,1-2H3,(H,23,27)/t12-/m0/s1. The highest BCUT2D eigenvalue weighted by molar-refractivity contribution is 8.00. The molecule has 0 aliphatic carbocycles. The van der Waals surface area contributed by atoms with Gasteiger partial charge in [0.15, 0.2) is 11.0 Å². The molecule has 1 heterocycles. The molecule has 9 heteroatoms. The van der Waals surface area contributed by atoms with E-state index >= 15 is 0 Å². The third-order valence-corrected chi connectivity index (χ3v) is 5.55. The number of carbonyl (C=O) groups is 1. The van der Waals surface area contributed by atoms with E-state index in [1.54, 1.807) is 24.3 Å². The van der Waals surface area contributed by atoms with Gasteiger partial charge in [-0.25, -0.2) is 0 Å². The van der Waals surface area contributed by atoms with Gasteiger partial charge in [-0.05, 0) is 43.3 Å². The Labute approximate surface area is 177 Å². The van der Waals surface area contributed by atoms with E-state index in [0.29, 0.717) is 27.4 Å². The van der Waals surface area contributed by atoms with Gasteiger partial charge >= 0.3 is 0 Å². The Hall–Kier alpha value is -2.22. The molecule has 2 aromatic carbocycles. The molecule has 0 saturated carbocycles. The Balaban J connectivity index is 1.59. The van der Waals surface area contributed by atoms with Crippen LogP contribution in [-0.4, -0.2) is 25.9 Å². The van der Waals surface area contributed by atoms with E-state index < -0.39 is 0 Å². The molecule has 0 saturated heterocycles. The maximum Gasteiger partial charge on any atom is 0.237 e. The van der Waals surface area contributed by atoms with Crippen LogP contribution in [0.2, 0.25) is 10.0 Å². The van der Waals surface area contributed by atoms with Crippen molar-refractivity contribution in [3.8, 4) is 0 Å².